The van der Waals surface area contributed by atoms with Gasteiger partial charge in [0.1, 0.15) is 5.02 Å². The zero-order valence-corrected chi connectivity index (χ0v) is 12.9. The maximum absolute atomic E-state index is 6.31. The second kappa shape index (κ2) is 5.97. The number of aromatic nitrogens is 2. The van der Waals surface area contributed by atoms with Crippen LogP contribution in [0.3, 0.4) is 0 Å². The zero-order chi connectivity index (χ0) is 13.9. The third-order valence-corrected chi connectivity index (χ3v) is 4.35. The number of rotatable bonds is 6. The summed E-state index contributed by atoms with van der Waals surface area (Å²) in [5, 5.41) is 5.87. The molecule has 0 spiro atoms. The van der Waals surface area contributed by atoms with Crippen LogP contribution in [0.1, 0.15) is 24.6 Å². The second-order valence-corrected chi connectivity index (χ2v) is 6.27. The van der Waals surface area contributed by atoms with Crippen molar-refractivity contribution >= 4 is 34.7 Å². The third-order valence-electron chi connectivity index (χ3n) is 3.23. The molecule has 0 aliphatic heterocycles. The summed E-state index contributed by atoms with van der Waals surface area (Å²) in [6.07, 6.45) is 4.11. The molecule has 0 amide bonds. The normalized spacial score (nSPS) is 14.3. The molecule has 0 unspecified atom stereocenters. The fourth-order valence-corrected chi connectivity index (χ4v) is 3.04. The summed E-state index contributed by atoms with van der Waals surface area (Å²) in [7, 11) is 0. The minimum Gasteiger partial charge on any atom is -0.354 e. The predicted molar refractivity (Wildman–Crippen MR) is 84.7 cm³/mol. The molecule has 2 aromatic heterocycles. The van der Waals surface area contributed by atoms with Crippen molar-refractivity contribution in [1.29, 1.82) is 0 Å². The first-order valence-electron chi connectivity index (χ1n) is 6.83. The van der Waals surface area contributed by atoms with E-state index in [2.05, 4.69) is 37.7 Å². The summed E-state index contributed by atoms with van der Waals surface area (Å²) in [5.74, 6) is 1.48. The van der Waals surface area contributed by atoms with Crippen LogP contribution in [0.25, 0.3) is 0 Å². The van der Waals surface area contributed by atoms with Crippen molar-refractivity contribution < 1.29 is 0 Å². The van der Waals surface area contributed by atoms with Gasteiger partial charge in [-0.2, -0.15) is 4.98 Å². The quantitative estimate of drug-likeness (QED) is 0.881. The van der Waals surface area contributed by atoms with Crippen molar-refractivity contribution in [3.8, 4) is 0 Å². The molecule has 1 aliphatic carbocycles. The van der Waals surface area contributed by atoms with Crippen molar-refractivity contribution in [1.82, 2.24) is 9.97 Å². The van der Waals surface area contributed by atoms with Crippen LogP contribution in [-0.4, -0.2) is 22.6 Å². The van der Waals surface area contributed by atoms with Gasteiger partial charge in [0.15, 0.2) is 5.82 Å². The Morgan fingerprint density at radius 2 is 2.35 bits per heavy atom. The zero-order valence-electron chi connectivity index (χ0n) is 11.3. The van der Waals surface area contributed by atoms with Crippen molar-refractivity contribution in [3.63, 3.8) is 0 Å². The van der Waals surface area contributed by atoms with E-state index in [0.29, 0.717) is 17.0 Å². The van der Waals surface area contributed by atoms with E-state index in [0.717, 1.165) is 18.9 Å². The number of anilines is 2. The van der Waals surface area contributed by atoms with Gasteiger partial charge in [-0.1, -0.05) is 17.7 Å². The minimum absolute atomic E-state index is 0.555. The molecule has 6 heteroatoms. The first kappa shape index (κ1) is 13.6. The molecule has 1 fully saturated rings. The van der Waals surface area contributed by atoms with Crippen LogP contribution in [0.2, 0.25) is 5.02 Å². The molecule has 106 valence electrons. The molecule has 4 nitrogen and oxygen atoms in total. The summed E-state index contributed by atoms with van der Waals surface area (Å²) < 4.78 is 0. The Labute approximate surface area is 127 Å². The standard InChI is InChI=1S/C14H17ClN4S/c1-2-16-14-17-8-12(15)13(18-14)19(10-5-6-10)9-11-4-3-7-20-11/h3-4,7-8,10H,2,5-6,9H2,1H3,(H,16,17,18). The summed E-state index contributed by atoms with van der Waals surface area (Å²) >= 11 is 8.08. The molecule has 0 radical (unpaired) electrons. The van der Waals surface area contributed by atoms with Crippen LogP contribution in [0, 0.1) is 0 Å². The van der Waals surface area contributed by atoms with Gasteiger partial charge in [-0.15, -0.1) is 11.3 Å². The van der Waals surface area contributed by atoms with Crippen molar-refractivity contribution in [2.45, 2.75) is 32.4 Å². The summed E-state index contributed by atoms with van der Waals surface area (Å²) in [4.78, 5) is 12.4. The Kier molecular flexibility index (Phi) is 4.08. The van der Waals surface area contributed by atoms with E-state index in [9.17, 15) is 0 Å². The average molecular weight is 309 g/mol. The molecule has 1 aliphatic rings. The van der Waals surface area contributed by atoms with Crippen molar-refractivity contribution in [2.75, 3.05) is 16.8 Å². The van der Waals surface area contributed by atoms with E-state index >= 15 is 0 Å². The number of nitrogens with one attached hydrogen (secondary N) is 1. The number of nitrogens with zero attached hydrogens (tertiary/aromatic N) is 3. The Morgan fingerprint density at radius 3 is 3.00 bits per heavy atom. The van der Waals surface area contributed by atoms with Gasteiger partial charge in [0, 0.05) is 17.5 Å². The van der Waals surface area contributed by atoms with E-state index in [1.165, 1.54) is 17.7 Å². The molecule has 1 N–H and O–H groups in total. The highest BCUT2D eigenvalue weighted by atomic mass is 35.5. The topological polar surface area (TPSA) is 41.1 Å². The molecular formula is C14H17ClN4S. The third kappa shape index (κ3) is 3.04. The number of thiophene rings is 1. The molecule has 0 bridgehead atoms. The maximum Gasteiger partial charge on any atom is 0.224 e. The van der Waals surface area contributed by atoms with E-state index in [1.54, 1.807) is 17.5 Å². The van der Waals surface area contributed by atoms with E-state index in [4.69, 9.17) is 11.6 Å². The molecule has 2 heterocycles. The van der Waals surface area contributed by atoms with Crippen LogP contribution in [-0.2, 0) is 6.54 Å². The number of hydrogen-bond acceptors (Lipinski definition) is 5. The average Bonchev–Trinajstić information content (AvgIpc) is 3.16. The summed E-state index contributed by atoms with van der Waals surface area (Å²) in [5.41, 5.74) is 0. The first-order valence-corrected chi connectivity index (χ1v) is 8.09. The fourth-order valence-electron chi connectivity index (χ4n) is 2.14. The minimum atomic E-state index is 0.555. The van der Waals surface area contributed by atoms with Gasteiger partial charge < -0.3 is 10.2 Å². The lowest BCUT2D eigenvalue weighted by atomic mass is 10.3. The molecule has 0 saturated heterocycles. The van der Waals surface area contributed by atoms with Gasteiger partial charge in [0.25, 0.3) is 0 Å². The molecule has 2 aromatic rings. The smallest absolute Gasteiger partial charge is 0.224 e. The Balaban J connectivity index is 1.88. The van der Waals surface area contributed by atoms with Gasteiger partial charge in [0.2, 0.25) is 5.95 Å². The van der Waals surface area contributed by atoms with Crippen molar-refractivity contribution in [2.24, 2.45) is 0 Å². The molecule has 0 aromatic carbocycles. The Bertz CT molecular complexity index is 569. The maximum atomic E-state index is 6.31. The van der Waals surface area contributed by atoms with Gasteiger partial charge in [0.05, 0.1) is 12.7 Å². The highest BCUT2D eigenvalue weighted by Gasteiger charge is 2.31. The number of halogens is 1. The van der Waals surface area contributed by atoms with Gasteiger partial charge >= 0.3 is 0 Å². The largest absolute Gasteiger partial charge is 0.354 e. The van der Waals surface area contributed by atoms with Crippen LogP contribution >= 0.6 is 22.9 Å². The van der Waals surface area contributed by atoms with Gasteiger partial charge in [-0.3, -0.25) is 0 Å². The van der Waals surface area contributed by atoms with Crippen LogP contribution in [0.4, 0.5) is 11.8 Å². The molecule has 0 atom stereocenters. The first-order chi connectivity index (χ1) is 9.78. The lowest BCUT2D eigenvalue weighted by Gasteiger charge is -2.24. The van der Waals surface area contributed by atoms with Gasteiger partial charge in [-0.25, -0.2) is 4.98 Å². The van der Waals surface area contributed by atoms with Gasteiger partial charge in [-0.05, 0) is 31.2 Å². The molecule has 3 rings (SSSR count). The second-order valence-electron chi connectivity index (χ2n) is 4.83. The Morgan fingerprint density at radius 1 is 1.50 bits per heavy atom. The predicted octanol–water partition coefficient (Wildman–Crippen LogP) is 3.79. The number of hydrogen-bond donors (Lipinski definition) is 1. The lowest BCUT2D eigenvalue weighted by Crippen LogP contribution is -2.26. The van der Waals surface area contributed by atoms with Crippen LogP contribution < -0.4 is 10.2 Å². The highest BCUT2D eigenvalue weighted by Crippen LogP contribution is 2.36. The molecular weight excluding hydrogens is 292 g/mol. The van der Waals surface area contributed by atoms with Crippen molar-refractivity contribution in [3.05, 3.63) is 33.6 Å². The summed E-state index contributed by atoms with van der Waals surface area (Å²) in [6, 6.07) is 4.79. The van der Waals surface area contributed by atoms with Crippen LogP contribution in [0.5, 0.6) is 0 Å². The van der Waals surface area contributed by atoms with E-state index in [-0.39, 0.29) is 0 Å². The SMILES string of the molecule is CCNc1ncc(Cl)c(N(Cc2cccs2)C2CC2)n1. The monoisotopic (exact) mass is 308 g/mol. The summed E-state index contributed by atoms with van der Waals surface area (Å²) in [6.45, 7) is 3.70. The van der Waals surface area contributed by atoms with E-state index in [1.807, 2.05) is 6.92 Å². The lowest BCUT2D eigenvalue weighted by molar-refractivity contribution is 0.784. The molecule has 1 saturated carbocycles. The van der Waals surface area contributed by atoms with Crippen LogP contribution in [0.15, 0.2) is 23.7 Å². The highest BCUT2D eigenvalue weighted by molar-refractivity contribution is 7.09. The molecule has 20 heavy (non-hydrogen) atoms. The van der Waals surface area contributed by atoms with E-state index < -0.39 is 0 Å². The Hall–Kier alpha value is -1.33. The fraction of sp³-hybridized carbons (Fsp3) is 0.429.